The predicted octanol–water partition coefficient (Wildman–Crippen LogP) is 0.972. The van der Waals surface area contributed by atoms with Gasteiger partial charge in [0.1, 0.15) is 5.75 Å². The molecule has 2 aliphatic rings. The summed E-state index contributed by atoms with van der Waals surface area (Å²) in [7, 11) is 0.690. The van der Waals surface area contributed by atoms with Crippen molar-refractivity contribution in [3.8, 4) is 5.75 Å². The summed E-state index contributed by atoms with van der Waals surface area (Å²) in [5.74, 6) is -1.04. The van der Waals surface area contributed by atoms with E-state index in [9.17, 15) is 19.7 Å². The number of benzene rings is 1. The summed E-state index contributed by atoms with van der Waals surface area (Å²) in [4.78, 5) is 23.8. The van der Waals surface area contributed by atoms with Crippen LogP contribution in [-0.4, -0.2) is 61.2 Å². The fourth-order valence-electron chi connectivity index (χ4n) is 4.39. The molecule has 0 radical (unpaired) electrons. The summed E-state index contributed by atoms with van der Waals surface area (Å²) in [5.41, 5.74) is 0.696. The number of carbonyl (C=O) groups excluding carboxylic acids is 1. The Labute approximate surface area is 177 Å². The molecule has 3 rings (SSSR count). The Bertz CT molecular complexity index is 739. The van der Waals surface area contributed by atoms with E-state index in [1.54, 1.807) is 12.1 Å². The average molecular weight is 417 g/mol. The van der Waals surface area contributed by atoms with E-state index < -0.39 is 19.0 Å². The van der Waals surface area contributed by atoms with Crippen molar-refractivity contribution in [3.05, 3.63) is 29.3 Å². The molecule has 1 aliphatic heterocycles. The lowest BCUT2D eigenvalue weighted by Crippen LogP contribution is -2.53. The van der Waals surface area contributed by atoms with Gasteiger partial charge in [0.2, 0.25) is 5.91 Å². The van der Waals surface area contributed by atoms with Gasteiger partial charge in [-0.25, -0.2) is 4.79 Å². The molecular weight excluding hydrogens is 385 g/mol. The van der Waals surface area contributed by atoms with Crippen molar-refractivity contribution in [1.29, 1.82) is 0 Å². The number of nitrogens with one attached hydrogen (secondary N) is 3. The Kier molecular flexibility index (Phi) is 8.12. The molecule has 9 heteroatoms. The largest absolute Gasteiger partial charge is 0.547 e. The van der Waals surface area contributed by atoms with Crippen molar-refractivity contribution in [3.63, 3.8) is 0 Å². The Hall–Kier alpha value is -2.10. The molecule has 5 N–H and O–H groups in total. The molecule has 0 spiro atoms. The molecule has 1 aromatic carbocycles. The van der Waals surface area contributed by atoms with Crippen LogP contribution in [0.25, 0.3) is 0 Å². The highest BCUT2D eigenvalue weighted by molar-refractivity contribution is 6.47. The summed E-state index contributed by atoms with van der Waals surface area (Å²) in [6.07, 6.45) is 6.16. The highest BCUT2D eigenvalue weighted by Gasteiger charge is 2.37. The summed E-state index contributed by atoms with van der Waals surface area (Å²) in [6.45, 7) is 1.95. The second kappa shape index (κ2) is 10.8. The van der Waals surface area contributed by atoms with Gasteiger partial charge < -0.3 is 30.7 Å². The van der Waals surface area contributed by atoms with Gasteiger partial charge in [-0.3, -0.25) is 4.79 Å². The maximum Gasteiger partial charge on any atom is 0.547 e. The van der Waals surface area contributed by atoms with E-state index in [1.807, 2.05) is 7.05 Å². The van der Waals surface area contributed by atoms with Crippen molar-refractivity contribution < 1.29 is 24.4 Å². The highest BCUT2D eigenvalue weighted by Crippen LogP contribution is 2.30. The molecule has 0 aromatic heterocycles. The van der Waals surface area contributed by atoms with Crippen molar-refractivity contribution in [2.45, 2.75) is 56.9 Å². The molecule has 0 bridgehead atoms. The van der Waals surface area contributed by atoms with E-state index in [-0.39, 0.29) is 17.2 Å². The maximum absolute atomic E-state index is 12.4. The minimum Gasteiger partial charge on any atom is -0.534 e. The fraction of sp³-hybridized carbons (Fsp3) is 0.619. The van der Waals surface area contributed by atoms with Gasteiger partial charge in [0, 0.05) is 25.6 Å². The van der Waals surface area contributed by atoms with Crippen LogP contribution in [0.4, 0.5) is 0 Å². The van der Waals surface area contributed by atoms with Gasteiger partial charge >= 0.3 is 13.1 Å². The Morgan fingerprint density at radius 3 is 2.67 bits per heavy atom. The lowest BCUT2D eigenvalue weighted by molar-refractivity contribution is -0.121. The van der Waals surface area contributed by atoms with Gasteiger partial charge in [-0.05, 0) is 63.1 Å². The zero-order valence-electron chi connectivity index (χ0n) is 17.5. The van der Waals surface area contributed by atoms with Crippen LogP contribution in [0, 0.1) is 5.92 Å². The zero-order valence-corrected chi connectivity index (χ0v) is 17.5. The second-order valence-corrected chi connectivity index (χ2v) is 8.30. The number of carboxylic acids is 1. The number of fused-ring (bicyclic) bond motifs is 1. The third-order valence-corrected chi connectivity index (χ3v) is 6.13. The standard InChI is InChI=1S/C21H32BN3O5/c1-23-11-12-24-16-8-5-14(6-9-16)7-10-19(26)25-18-13-15-3-2-4-17(21(27)28)20(15)30-22(18)29/h2-4,14,16,18,23-24,29H,5-13H2,1H3,(H,25,26)(H,27,28)/t14-,16-,18-/m0/s1. The van der Waals surface area contributed by atoms with Crippen molar-refractivity contribution in [2.24, 2.45) is 5.92 Å². The number of likely N-dealkylation sites (N-methyl/N-ethyl adjacent to an activating group) is 1. The number of carboxylic acid groups (broad SMARTS) is 1. The Balaban J connectivity index is 1.43. The first-order valence-electron chi connectivity index (χ1n) is 10.8. The van der Waals surface area contributed by atoms with E-state index in [2.05, 4.69) is 16.0 Å². The van der Waals surface area contributed by atoms with Crippen LogP contribution in [0.3, 0.4) is 0 Å². The van der Waals surface area contributed by atoms with Crippen LogP contribution >= 0.6 is 0 Å². The quantitative estimate of drug-likeness (QED) is 0.300. The van der Waals surface area contributed by atoms with E-state index in [4.69, 9.17) is 4.65 Å². The van der Waals surface area contributed by atoms with Gasteiger partial charge in [-0.2, -0.15) is 0 Å². The summed E-state index contributed by atoms with van der Waals surface area (Å²) < 4.78 is 5.43. The number of carbonyl (C=O) groups is 2. The van der Waals surface area contributed by atoms with Crippen molar-refractivity contribution in [1.82, 2.24) is 16.0 Å². The number of hydrogen-bond donors (Lipinski definition) is 5. The van der Waals surface area contributed by atoms with Crippen LogP contribution < -0.4 is 20.6 Å². The topological polar surface area (TPSA) is 120 Å². The lowest BCUT2D eigenvalue weighted by atomic mass is 9.72. The van der Waals surface area contributed by atoms with Crippen LogP contribution in [-0.2, 0) is 11.2 Å². The second-order valence-electron chi connectivity index (χ2n) is 8.30. The van der Waals surface area contributed by atoms with Gasteiger partial charge in [-0.1, -0.05) is 12.1 Å². The van der Waals surface area contributed by atoms with Crippen molar-refractivity contribution >= 4 is 19.0 Å². The molecule has 0 saturated heterocycles. The molecule has 1 saturated carbocycles. The van der Waals surface area contributed by atoms with Crippen LogP contribution in [0.5, 0.6) is 5.75 Å². The summed E-state index contributed by atoms with van der Waals surface area (Å²) in [5, 5.41) is 29.1. The van der Waals surface area contributed by atoms with Gasteiger partial charge in [-0.15, -0.1) is 0 Å². The molecule has 1 fully saturated rings. The van der Waals surface area contributed by atoms with E-state index in [0.717, 1.165) is 45.2 Å². The van der Waals surface area contributed by atoms with E-state index in [1.165, 1.54) is 6.07 Å². The molecule has 8 nitrogen and oxygen atoms in total. The first-order valence-corrected chi connectivity index (χ1v) is 10.8. The summed E-state index contributed by atoms with van der Waals surface area (Å²) >= 11 is 0. The van der Waals surface area contributed by atoms with E-state index in [0.29, 0.717) is 30.4 Å². The average Bonchev–Trinajstić information content (AvgIpc) is 2.73. The number of para-hydroxylation sites is 1. The fourth-order valence-corrected chi connectivity index (χ4v) is 4.39. The van der Waals surface area contributed by atoms with E-state index >= 15 is 0 Å². The van der Waals surface area contributed by atoms with Crippen molar-refractivity contribution in [2.75, 3.05) is 20.1 Å². The molecule has 1 aliphatic carbocycles. The maximum atomic E-state index is 12.4. The third-order valence-electron chi connectivity index (χ3n) is 6.13. The lowest BCUT2D eigenvalue weighted by Gasteiger charge is -2.30. The summed E-state index contributed by atoms with van der Waals surface area (Å²) in [6, 6.07) is 5.42. The first-order chi connectivity index (χ1) is 14.5. The SMILES string of the molecule is CNCCN[C@H]1CC[C@H](CCC(=O)N[C@H]2Cc3cccc(C(=O)O)c3OB2O)CC1. The van der Waals surface area contributed by atoms with Gasteiger partial charge in [0.25, 0.3) is 0 Å². The minimum atomic E-state index is -1.26. The zero-order chi connectivity index (χ0) is 21.5. The molecule has 0 unspecified atom stereocenters. The van der Waals surface area contributed by atoms with Crippen LogP contribution in [0.15, 0.2) is 18.2 Å². The molecule has 164 valence electrons. The Morgan fingerprint density at radius 2 is 1.97 bits per heavy atom. The molecule has 30 heavy (non-hydrogen) atoms. The highest BCUT2D eigenvalue weighted by atomic mass is 16.5. The minimum absolute atomic E-state index is 0.0207. The monoisotopic (exact) mass is 417 g/mol. The molecular formula is C21H32BN3O5. The molecule has 1 atom stereocenters. The number of amides is 1. The number of hydrogen-bond acceptors (Lipinski definition) is 6. The predicted molar refractivity (Wildman–Crippen MR) is 115 cm³/mol. The molecule has 1 heterocycles. The Morgan fingerprint density at radius 1 is 1.20 bits per heavy atom. The molecule has 1 amide bonds. The smallest absolute Gasteiger partial charge is 0.534 e. The van der Waals surface area contributed by atoms with Crippen LogP contribution in [0.1, 0.15) is 54.4 Å². The number of rotatable bonds is 9. The van der Waals surface area contributed by atoms with Gasteiger partial charge in [0.05, 0.1) is 11.5 Å². The first kappa shape index (κ1) is 22.6. The van der Waals surface area contributed by atoms with Gasteiger partial charge in [0.15, 0.2) is 0 Å². The molecule has 1 aromatic rings. The number of aromatic carboxylic acids is 1. The third kappa shape index (κ3) is 5.96. The van der Waals surface area contributed by atoms with Crippen LogP contribution in [0.2, 0.25) is 0 Å². The normalized spacial score (nSPS) is 23.4.